The van der Waals surface area contributed by atoms with Crippen LogP contribution in [-0.4, -0.2) is 111 Å². The molecule has 0 radical (unpaired) electrons. The van der Waals surface area contributed by atoms with Crippen molar-refractivity contribution in [2.24, 2.45) is 0 Å². The molecule has 3 N–H and O–H groups in total. The number of piperidine rings is 2. The van der Waals surface area contributed by atoms with Crippen LogP contribution in [0.4, 0.5) is 20.9 Å². The molecule has 66 heavy (non-hydrogen) atoms. The monoisotopic (exact) mass is 912 g/mol. The number of nitrogens with one attached hydrogen (secondary N) is 3. The predicted molar refractivity (Wildman–Crippen MR) is 248 cm³/mol. The second-order valence-corrected chi connectivity index (χ2v) is 18.8. The van der Waals surface area contributed by atoms with E-state index in [9.17, 15) is 24.0 Å². The summed E-state index contributed by atoms with van der Waals surface area (Å²) in [6, 6.07) is 18.0. The minimum atomic E-state index is -1.04. The molecule has 2 unspecified atom stereocenters. The lowest BCUT2D eigenvalue weighted by Gasteiger charge is -2.36. The van der Waals surface area contributed by atoms with E-state index in [-0.39, 0.29) is 35.4 Å². The van der Waals surface area contributed by atoms with Gasteiger partial charge in [-0.3, -0.25) is 39.5 Å². The summed E-state index contributed by atoms with van der Waals surface area (Å²) >= 11 is 1.28. The zero-order valence-corrected chi connectivity index (χ0v) is 37.5. The van der Waals surface area contributed by atoms with Crippen LogP contribution in [0, 0.1) is 5.82 Å². The van der Waals surface area contributed by atoms with E-state index in [1.165, 1.54) is 27.9 Å². The van der Waals surface area contributed by atoms with Crippen molar-refractivity contribution < 1.29 is 28.4 Å². The number of halogens is 1. The summed E-state index contributed by atoms with van der Waals surface area (Å²) in [5, 5.41) is 10.7. The van der Waals surface area contributed by atoms with E-state index in [4.69, 9.17) is 0 Å². The number of imidazole rings is 1. The molecule has 7 heterocycles. The van der Waals surface area contributed by atoms with Crippen molar-refractivity contribution in [3.63, 3.8) is 0 Å². The molecule has 2 atom stereocenters. The van der Waals surface area contributed by atoms with Crippen molar-refractivity contribution in [3.8, 4) is 11.1 Å². The van der Waals surface area contributed by atoms with Crippen molar-refractivity contribution in [2.75, 3.05) is 61.3 Å². The third kappa shape index (κ3) is 9.05. The number of amides is 5. The van der Waals surface area contributed by atoms with Crippen LogP contribution in [0.3, 0.4) is 0 Å². The van der Waals surface area contributed by atoms with Crippen LogP contribution in [0.2, 0.25) is 0 Å². The molecule has 3 saturated heterocycles. The highest BCUT2D eigenvalue weighted by molar-refractivity contribution is 7.13. The average Bonchev–Trinajstić information content (AvgIpc) is 4.16. The second-order valence-electron chi connectivity index (χ2n) is 17.9. The summed E-state index contributed by atoms with van der Waals surface area (Å²) in [4.78, 5) is 81.8. The van der Waals surface area contributed by atoms with Crippen LogP contribution in [0.15, 0.2) is 78.6 Å². The standard InChI is InChI=1S/C49H53FN10O5S/c50-39-28-34(27-37-38(39)29-60(48(37)65)45(47(64)55-49-51-17-26-66-49)44-41-3-1-19-59(41)30-52-44)32-7-11-36(12-8-32)57-24-22-56(23-25-57)18-2-4-43(62)58-20-15-33(16-21-58)31-5-9-35(10-6-31)53-40-13-14-42(61)54-46(40)63/h5-12,17,26-28,30,33,40,45,53H,1-4,13-16,18-25,29H2,(H,51,55,64)(H,54,61,63). The maximum Gasteiger partial charge on any atom is 0.255 e. The molecule has 0 saturated carbocycles. The minimum absolute atomic E-state index is 0.0446. The van der Waals surface area contributed by atoms with E-state index in [0.717, 1.165) is 107 Å². The van der Waals surface area contributed by atoms with Gasteiger partial charge in [0.15, 0.2) is 11.2 Å². The Hall–Kier alpha value is -6.46. The fourth-order valence-electron chi connectivity index (χ4n) is 10.2. The number of piperazine rings is 1. The number of nitrogens with zero attached hydrogens (tertiary/aromatic N) is 7. The number of hydrogen-bond acceptors (Lipinski definition) is 11. The van der Waals surface area contributed by atoms with E-state index >= 15 is 4.39 Å². The Kier molecular flexibility index (Phi) is 12.4. The molecule has 17 heteroatoms. The van der Waals surface area contributed by atoms with Gasteiger partial charge in [-0.1, -0.05) is 24.3 Å². The minimum Gasteiger partial charge on any atom is -0.374 e. The molecular formula is C49H53FN10O5S. The van der Waals surface area contributed by atoms with Crippen LogP contribution in [-0.2, 0) is 38.7 Å². The topological polar surface area (TPSA) is 165 Å². The lowest BCUT2D eigenvalue weighted by Crippen LogP contribution is -2.47. The quantitative estimate of drug-likeness (QED) is 0.120. The van der Waals surface area contributed by atoms with E-state index in [2.05, 4.69) is 47.9 Å². The Morgan fingerprint density at radius 3 is 2.41 bits per heavy atom. The molecule has 0 aliphatic carbocycles. The van der Waals surface area contributed by atoms with Crippen LogP contribution in [0.5, 0.6) is 0 Å². The average molecular weight is 913 g/mol. The SMILES string of the molecule is O=C1CCC(Nc2ccc(C3CCN(C(=O)CCCN4CCN(c5ccc(-c6cc(F)c7c(c6)C(=O)N(C(C(=O)Nc6nccs6)c6ncn8c6CCC8)C7)cc5)CC4)CC3)cc2)C(=O)N1. The van der Waals surface area contributed by atoms with Crippen molar-refractivity contribution in [3.05, 3.63) is 112 Å². The van der Waals surface area contributed by atoms with Gasteiger partial charge in [-0.25, -0.2) is 14.4 Å². The molecule has 0 bridgehead atoms. The summed E-state index contributed by atoms with van der Waals surface area (Å²) in [5.74, 6) is -1.23. The zero-order chi connectivity index (χ0) is 45.3. The lowest BCUT2D eigenvalue weighted by atomic mass is 9.89. The van der Waals surface area contributed by atoms with Crippen molar-refractivity contribution >= 4 is 57.4 Å². The molecule has 15 nitrogen and oxygen atoms in total. The van der Waals surface area contributed by atoms with Gasteiger partial charge in [0.25, 0.3) is 11.8 Å². The van der Waals surface area contributed by atoms with Gasteiger partial charge in [0.1, 0.15) is 11.9 Å². The normalized spacial score (nSPS) is 19.4. The number of carbonyl (C=O) groups excluding carboxylic acids is 5. The molecule has 5 aliphatic heterocycles. The number of anilines is 3. The Bertz CT molecular complexity index is 2620. The van der Waals surface area contributed by atoms with Gasteiger partial charge in [0.2, 0.25) is 17.7 Å². The fraction of sp³-hybridized carbons (Fsp3) is 0.408. The van der Waals surface area contributed by atoms with Crippen molar-refractivity contribution in [1.29, 1.82) is 0 Å². The van der Waals surface area contributed by atoms with Gasteiger partial charge in [0.05, 0.1) is 18.6 Å². The highest BCUT2D eigenvalue weighted by Crippen LogP contribution is 2.38. The molecule has 0 spiro atoms. The number of aryl methyl sites for hydroxylation is 1. The summed E-state index contributed by atoms with van der Waals surface area (Å²) in [6.45, 7) is 6.61. The number of aromatic nitrogens is 3. The first kappa shape index (κ1) is 43.4. The molecule has 342 valence electrons. The Morgan fingerprint density at radius 1 is 0.879 bits per heavy atom. The Morgan fingerprint density at radius 2 is 1.67 bits per heavy atom. The number of imide groups is 1. The van der Waals surface area contributed by atoms with E-state index in [1.807, 2.05) is 45.9 Å². The molecule has 5 aromatic rings. The van der Waals surface area contributed by atoms with Crippen LogP contribution in [0.1, 0.15) is 89.8 Å². The van der Waals surface area contributed by atoms with Gasteiger partial charge in [0, 0.05) is 98.4 Å². The van der Waals surface area contributed by atoms with Crippen molar-refractivity contribution in [2.45, 2.75) is 82.5 Å². The maximum absolute atomic E-state index is 15.9. The van der Waals surface area contributed by atoms with Gasteiger partial charge in [-0.05, 0) is 104 Å². The Labute approximate surface area is 386 Å². The highest BCUT2D eigenvalue weighted by atomic mass is 32.1. The van der Waals surface area contributed by atoms with Gasteiger partial charge >= 0.3 is 0 Å². The number of hydrogen-bond donors (Lipinski definition) is 3. The number of thiazole rings is 1. The third-order valence-electron chi connectivity index (χ3n) is 13.9. The summed E-state index contributed by atoms with van der Waals surface area (Å²) in [7, 11) is 0. The molecule has 3 fully saturated rings. The number of fused-ring (bicyclic) bond motifs is 2. The first-order valence-corrected chi connectivity index (χ1v) is 24.0. The summed E-state index contributed by atoms with van der Waals surface area (Å²) < 4.78 is 18.0. The van der Waals surface area contributed by atoms with Gasteiger partial charge in [-0.2, -0.15) is 0 Å². The van der Waals surface area contributed by atoms with Gasteiger partial charge < -0.3 is 24.6 Å². The summed E-state index contributed by atoms with van der Waals surface area (Å²) in [5.41, 5.74) is 6.51. The lowest BCUT2D eigenvalue weighted by molar-refractivity contribution is -0.134. The molecule has 3 aromatic carbocycles. The molecule has 10 rings (SSSR count). The fourth-order valence-corrected chi connectivity index (χ4v) is 10.7. The molecule has 2 aromatic heterocycles. The number of carbonyl (C=O) groups is 5. The Balaban J connectivity index is 0.686. The second kappa shape index (κ2) is 18.8. The summed E-state index contributed by atoms with van der Waals surface area (Å²) in [6.07, 6.45) is 9.00. The van der Waals surface area contributed by atoms with Crippen LogP contribution >= 0.6 is 11.3 Å². The zero-order valence-electron chi connectivity index (χ0n) is 36.7. The van der Waals surface area contributed by atoms with E-state index in [1.54, 1.807) is 24.0 Å². The molecule has 5 aliphatic rings. The number of benzene rings is 3. The number of rotatable bonds is 13. The number of likely N-dealkylation sites (tertiary alicyclic amines) is 1. The van der Waals surface area contributed by atoms with E-state index in [0.29, 0.717) is 41.6 Å². The molecule has 5 amide bonds. The highest BCUT2D eigenvalue weighted by Gasteiger charge is 2.42. The predicted octanol–water partition coefficient (Wildman–Crippen LogP) is 5.95. The first-order chi connectivity index (χ1) is 32.1. The smallest absolute Gasteiger partial charge is 0.255 e. The first-order valence-electron chi connectivity index (χ1n) is 23.1. The van der Waals surface area contributed by atoms with Crippen LogP contribution in [0.25, 0.3) is 11.1 Å². The van der Waals surface area contributed by atoms with Crippen molar-refractivity contribution in [1.82, 2.24) is 34.6 Å². The maximum atomic E-state index is 15.9. The largest absolute Gasteiger partial charge is 0.374 e. The van der Waals surface area contributed by atoms with Gasteiger partial charge in [-0.15, -0.1) is 11.3 Å². The van der Waals surface area contributed by atoms with Crippen LogP contribution < -0.4 is 20.9 Å². The third-order valence-corrected chi connectivity index (χ3v) is 14.6. The van der Waals surface area contributed by atoms with E-state index < -0.39 is 29.7 Å². The molecular weight excluding hydrogens is 860 g/mol.